The van der Waals surface area contributed by atoms with Crippen LogP contribution in [0.1, 0.15) is 46.3 Å². The zero-order chi connectivity index (χ0) is 22.3. The minimum absolute atomic E-state index is 0.160. The molecule has 0 saturated heterocycles. The van der Waals surface area contributed by atoms with Gasteiger partial charge in [-0.1, -0.05) is 35.9 Å². The van der Waals surface area contributed by atoms with E-state index in [1.807, 2.05) is 25.1 Å². The van der Waals surface area contributed by atoms with E-state index >= 15 is 0 Å². The topological polar surface area (TPSA) is 92.4 Å². The normalized spacial score (nSPS) is 17.2. The molecule has 160 valence electrons. The number of fused-ring (bicyclic) bond motifs is 2. The van der Waals surface area contributed by atoms with E-state index in [1.54, 1.807) is 6.07 Å². The van der Waals surface area contributed by atoms with E-state index in [4.69, 9.17) is 17.3 Å². The summed E-state index contributed by atoms with van der Waals surface area (Å²) < 4.78 is 0. The number of halogens is 1. The highest BCUT2D eigenvalue weighted by atomic mass is 35.5. The molecule has 5 nitrogen and oxygen atoms in total. The summed E-state index contributed by atoms with van der Waals surface area (Å²) in [6.07, 6.45) is 4.40. The van der Waals surface area contributed by atoms with Gasteiger partial charge >= 0.3 is 0 Å². The monoisotopic (exact) mass is 436 g/mol. The maximum absolute atomic E-state index is 12.2. The third-order valence-corrected chi connectivity index (χ3v) is 6.71. The first-order valence-electron chi connectivity index (χ1n) is 10.4. The Balaban J connectivity index is 1.94. The van der Waals surface area contributed by atoms with E-state index in [9.17, 15) is 14.7 Å². The van der Waals surface area contributed by atoms with Crippen LogP contribution in [0.3, 0.4) is 0 Å². The van der Waals surface area contributed by atoms with E-state index in [2.05, 4.69) is 11.9 Å². The zero-order valence-corrected chi connectivity index (χ0v) is 18.2. The molecular formula is C25H25ClN2O3. The van der Waals surface area contributed by atoms with E-state index in [0.29, 0.717) is 22.7 Å². The van der Waals surface area contributed by atoms with Gasteiger partial charge in [-0.3, -0.25) is 9.59 Å². The van der Waals surface area contributed by atoms with Crippen LogP contribution in [0.4, 0.5) is 5.69 Å². The second-order valence-electron chi connectivity index (χ2n) is 8.22. The Morgan fingerprint density at radius 2 is 2.13 bits per heavy atom. The highest BCUT2D eigenvalue weighted by Crippen LogP contribution is 2.51. The Kier molecular flexibility index (Phi) is 5.73. The quantitative estimate of drug-likeness (QED) is 0.596. The van der Waals surface area contributed by atoms with Crippen molar-refractivity contribution in [2.24, 2.45) is 11.7 Å². The van der Waals surface area contributed by atoms with Crippen LogP contribution >= 0.6 is 11.6 Å². The fourth-order valence-corrected chi connectivity index (χ4v) is 5.17. The molecule has 1 atom stereocenters. The number of amides is 2. The Hall–Kier alpha value is -2.89. The average molecular weight is 437 g/mol. The van der Waals surface area contributed by atoms with Crippen molar-refractivity contribution in [1.82, 2.24) is 0 Å². The van der Waals surface area contributed by atoms with Gasteiger partial charge in [0.2, 0.25) is 11.8 Å². The molecular weight excluding hydrogens is 412 g/mol. The lowest BCUT2D eigenvalue weighted by molar-refractivity contribution is -0.111. The van der Waals surface area contributed by atoms with Gasteiger partial charge in [0.05, 0.1) is 0 Å². The standard InChI is InChI=1S/C25H25ClN2O3/c1-3-22(30)28-21-6-4-5-16(13(21)2)24-20(26)11-19(25(27)31)18-10-15-9-14(12-29)7-8-17(15)23(18)24/h3-6,11,14,29H,1,7-10,12H2,2H3,(H2,27,31)(H,28,30). The van der Waals surface area contributed by atoms with Gasteiger partial charge in [0.1, 0.15) is 0 Å². The van der Waals surface area contributed by atoms with E-state index < -0.39 is 5.91 Å². The second-order valence-corrected chi connectivity index (χ2v) is 8.63. The molecule has 0 saturated carbocycles. The first-order valence-corrected chi connectivity index (χ1v) is 10.7. The highest BCUT2D eigenvalue weighted by molar-refractivity contribution is 6.34. The summed E-state index contributed by atoms with van der Waals surface area (Å²) in [5, 5.41) is 12.9. The number of anilines is 1. The number of primary amides is 1. The maximum Gasteiger partial charge on any atom is 0.249 e. The molecule has 0 radical (unpaired) electrons. The largest absolute Gasteiger partial charge is 0.396 e. The fraction of sp³-hybridized carbons (Fsp3) is 0.280. The molecule has 4 rings (SSSR count). The summed E-state index contributed by atoms with van der Waals surface area (Å²) in [6, 6.07) is 7.35. The highest BCUT2D eigenvalue weighted by Gasteiger charge is 2.34. The number of aliphatic hydroxyl groups excluding tert-OH is 1. The Labute approximate surface area is 186 Å². The molecule has 0 fully saturated rings. The SMILES string of the molecule is C=CC(=O)Nc1cccc(-c2c(Cl)cc(C(N)=O)c3c2C2=C(C3)CC(CO)CC2)c1C. The zero-order valence-electron chi connectivity index (χ0n) is 17.4. The third kappa shape index (κ3) is 3.68. The summed E-state index contributed by atoms with van der Waals surface area (Å²) in [6.45, 7) is 5.61. The van der Waals surface area contributed by atoms with Crippen LogP contribution in [0.2, 0.25) is 5.02 Å². The van der Waals surface area contributed by atoms with Crippen LogP contribution in [0.5, 0.6) is 0 Å². The lowest BCUT2D eigenvalue weighted by atomic mass is 9.82. The molecule has 0 aliphatic heterocycles. The molecule has 4 N–H and O–H groups in total. The summed E-state index contributed by atoms with van der Waals surface area (Å²) in [4.78, 5) is 24.1. The van der Waals surface area contributed by atoms with Gasteiger partial charge < -0.3 is 16.2 Å². The average Bonchev–Trinajstić information content (AvgIpc) is 3.13. The Morgan fingerprint density at radius 1 is 1.35 bits per heavy atom. The number of allylic oxidation sites excluding steroid dienone is 2. The van der Waals surface area contributed by atoms with Crippen LogP contribution in [-0.2, 0) is 11.2 Å². The third-order valence-electron chi connectivity index (χ3n) is 6.41. The number of carbonyl (C=O) groups is 2. The van der Waals surface area contributed by atoms with Gasteiger partial charge in [-0.25, -0.2) is 0 Å². The maximum atomic E-state index is 12.2. The van der Waals surface area contributed by atoms with Gasteiger partial charge in [-0.2, -0.15) is 0 Å². The minimum Gasteiger partial charge on any atom is -0.396 e. The van der Waals surface area contributed by atoms with Crippen LogP contribution in [-0.4, -0.2) is 23.5 Å². The number of benzene rings is 2. The van der Waals surface area contributed by atoms with Crippen molar-refractivity contribution in [3.05, 3.63) is 69.8 Å². The number of nitrogens with one attached hydrogen (secondary N) is 1. The number of hydrogen-bond acceptors (Lipinski definition) is 3. The first kappa shape index (κ1) is 21.3. The number of aliphatic hydroxyl groups is 1. The molecule has 1 unspecified atom stereocenters. The molecule has 2 aromatic rings. The molecule has 2 aliphatic carbocycles. The van der Waals surface area contributed by atoms with Gasteiger partial charge in [0.15, 0.2) is 0 Å². The lowest BCUT2D eigenvalue weighted by Crippen LogP contribution is -2.15. The lowest BCUT2D eigenvalue weighted by Gasteiger charge is -2.24. The van der Waals surface area contributed by atoms with E-state index in [0.717, 1.165) is 47.1 Å². The van der Waals surface area contributed by atoms with Gasteiger partial charge in [0, 0.05) is 28.4 Å². The Morgan fingerprint density at radius 3 is 2.81 bits per heavy atom. The summed E-state index contributed by atoms with van der Waals surface area (Å²) in [7, 11) is 0. The van der Waals surface area contributed by atoms with Crippen molar-refractivity contribution in [2.45, 2.75) is 32.6 Å². The molecule has 0 aromatic heterocycles. The van der Waals surface area contributed by atoms with Gasteiger partial charge in [-0.15, -0.1) is 0 Å². The summed E-state index contributed by atoms with van der Waals surface area (Å²) in [5.74, 6) is -0.539. The van der Waals surface area contributed by atoms with Gasteiger partial charge in [-0.05, 0) is 84.6 Å². The van der Waals surface area contributed by atoms with Crippen LogP contribution in [0.25, 0.3) is 16.7 Å². The molecule has 2 amide bonds. The number of hydrogen-bond donors (Lipinski definition) is 3. The predicted molar refractivity (Wildman–Crippen MR) is 124 cm³/mol. The molecule has 2 aliphatic rings. The van der Waals surface area contributed by atoms with Crippen molar-refractivity contribution in [3.8, 4) is 11.1 Å². The van der Waals surface area contributed by atoms with Crippen LogP contribution < -0.4 is 11.1 Å². The Bertz CT molecular complexity index is 1150. The molecule has 0 bridgehead atoms. The number of nitrogens with two attached hydrogens (primary N) is 1. The van der Waals surface area contributed by atoms with Crippen molar-refractivity contribution in [1.29, 1.82) is 0 Å². The molecule has 2 aromatic carbocycles. The van der Waals surface area contributed by atoms with Gasteiger partial charge in [0.25, 0.3) is 0 Å². The first-order chi connectivity index (χ1) is 14.8. The van der Waals surface area contributed by atoms with Crippen molar-refractivity contribution in [2.75, 3.05) is 11.9 Å². The molecule has 6 heteroatoms. The van der Waals surface area contributed by atoms with E-state index in [1.165, 1.54) is 17.2 Å². The minimum atomic E-state index is -0.494. The smallest absolute Gasteiger partial charge is 0.249 e. The number of carbonyl (C=O) groups excluding carboxylic acids is 2. The predicted octanol–water partition coefficient (Wildman–Crippen LogP) is 4.64. The molecule has 0 spiro atoms. The number of rotatable bonds is 5. The van der Waals surface area contributed by atoms with E-state index in [-0.39, 0.29) is 18.4 Å². The van der Waals surface area contributed by atoms with Crippen LogP contribution in [0, 0.1) is 12.8 Å². The fourth-order valence-electron chi connectivity index (χ4n) is 4.87. The second kappa shape index (κ2) is 8.33. The molecule has 31 heavy (non-hydrogen) atoms. The van der Waals surface area contributed by atoms with Crippen molar-refractivity contribution in [3.63, 3.8) is 0 Å². The van der Waals surface area contributed by atoms with Crippen LogP contribution in [0.15, 0.2) is 42.5 Å². The van der Waals surface area contributed by atoms with Crippen molar-refractivity contribution < 1.29 is 14.7 Å². The summed E-state index contributed by atoms with van der Waals surface area (Å²) in [5.41, 5.74) is 13.8. The van der Waals surface area contributed by atoms with Crippen molar-refractivity contribution >= 4 is 34.7 Å². The summed E-state index contributed by atoms with van der Waals surface area (Å²) >= 11 is 6.76. The molecule has 0 heterocycles.